The number of alkyl halides is 1. The summed E-state index contributed by atoms with van der Waals surface area (Å²) in [5.74, 6) is -0.0651. The molecule has 6 heteroatoms. The van der Waals surface area contributed by atoms with Gasteiger partial charge < -0.3 is 5.32 Å². The van der Waals surface area contributed by atoms with E-state index < -0.39 is 0 Å². The van der Waals surface area contributed by atoms with Gasteiger partial charge in [-0.2, -0.15) is 0 Å². The van der Waals surface area contributed by atoms with Crippen LogP contribution in [-0.4, -0.2) is 27.4 Å². The van der Waals surface area contributed by atoms with E-state index in [4.69, 9.17) is 0 Å². The topological polar surface area (TPSA) is 54.9 Å². The number of carbonyl (C=O) groups excluding carboxylic acids is 1. The maximum absolute atomic E-state index is 11.9. The highest BCUT2D eigenvalue weighted by Gasteiger charge is 2.26. The van der Waals surface area contributed by atoms with Gasteiger partial charge in [0.25, 0.3) is 5.91 Å². The highest BCUT2D eigenvalue weighted by atomic mass is 79.9. The second-order valence-electron chi connectivity index (χ2n) is 4.21. The second kappa shape index (κ2) is 6.44. The van der Waals surface area contributed by atoms with Crippen LogP contribution >= 0.6 is 27.5 Å². The zero-order chi connectivity index (χ0) is 12.9. The highest BCUT2D eigenvalue weighted by molar-refractivity contribution is 9.09. The molecule has 0 atom stereocenters. The lowest BCUT2D eigenvalue weighted by Gasteiger charge is -2.29. The molecule has 0 radical (unpaired) electrons. The minimum absolute atomic E-state index is 0.0651. The molecule has 1 heterocycles. The van der Waals surface area contributed by atoms with E-state index in [1.807, 2.05) is 0 Å². The van der Waals surface area contributed by atoms with Crippen molar-refractivity contribution in [3.63, 3.8) is 0 Å². The molecule has 96 valence electrons. The largest absolute Gasteiger partial charge is 0.351 e. The van der Waals surface area contributed by atoms with Gasteiger partial charge in [0.05, 0.1) is 5.69 Å². The number of amides is 1. The SMILES string of the molecule is CCC(CC)(CBr)CNC(=O)c1snnc1C. The molecule has 0 aliphatic carbocycles. The van der Waals surface area contributed by atoms with Gasteiger partial charge in [0.1, 0.15) is 4.88 Å². The van der Waals surface area contributed by atoms with E-state index in [0.29, 0.717) is 17.1 Å². The zero-order valence-electron chi connectivity index (χ0n) is 10.4. The Bertz CT molecular complexity index is 368. The van der Waals surface area contributed by atoms with E-state index >= 15 is 0 Å². The van der Waals surface area contributed by atoms with Crippen LogP contribution in [0.1, 0.15) is 42.1 Å². The Hall–Kier alpha value is -0.490. The summed E-state index contributed by atoms with van der Waals surface area (Å²) in [6.07, 6.45) is 2.07. The average molecular weight is 320 g/mol. The molecule has 1 aromatic heterocycles. The monoisotopic (exact) mass is 319 g/mol. The molecule has 1 rings (SSSR count). The number of nitrogens with one attached hydrogen (secondary N) is 1. The van der Waals surface area contributed by atoms with Gasteiger partial charge in [0, 0.05) is 11.9 Å². The highest BCUT2D eigenvalue weighted by Crippen LogP contribution is 2.27. The summed E-state index contributed by atoms with van der Waals surface area (Å²) in [5, 5.41) is 7.72. The van der Waals surface area contributed by atoms with Gasteiger partial charge in [-0.05, 0) is 36.7 Å². The zero-order valence-corrected chi connectivity index (χ0v) is 12.8. The Morgan fingerprint density at radius 1 is 1.47 bits per heavy atom. The number of aryl methyl sites for hydroxylation is 1. The van der Waals surface area contributed by atoms with Crippen LogP contribution < -0.4 is 5.32 Å². The molecule has 1 N–H and O–H groups in total. The number of halogens is 1. The summed E-state index contributed by atoms with van der Waals surface area (Å²) in [5.41, 5.74) is 0.840. The van der Waals surface area contributed by atoms with E-state index in [0.717, 1.165) is 29.7 Å². The number of hydrogen-bond acceptors (Lipinski definition) is 4. The summed E-state index contributed by atoms with van der Waals surface area (Å²) >= 11 is 4.68. The molecule has 0 aliphatic rings. The van der Waals surface area contributed by atoms with E-state index in [-0.39, 0.29) is 11.3 Å². The number of aromatic nitrogens is 2. The fourth-order valence-corrected chi connectivity index (χ4v) is 3.09. The van der Waals surface area contributed by atoms with E-state index in [9.17, 15) is 4.79 Å². The lowest BCUT2D eigenvalue weighted by atomic mass is 9.84. The predicted molar refractivity (Wildman–Crippen MR) is 73.8 cm³/mol. The Morgan fingerprint density at radius 3 is 2.53 bits per heavy atom. The first-order chi connectivity index (χ1) is 8.08. The second-order valence-corrected chi connectivity index (χ2v) is 5.53. The summed E-state index contributed by atoms with van der Waals surface area (Å²) in [6, 6.07) is 0. The quantitative estimate of drug-likeness (QED) is 0.820. The molecular formula is C11H18BrN3OS. The maximum Gasteiger partial charge on any atom is 0.264 e. The number of hydrogen-bond donors (Lipinski definition) is 1. The van der Waals surface area contributed by atoms with Crippen molar-refractivity contribution in [2.45, 2.75) is 33.6 Å². The van der Waals surface area contributed by atoms with E-state index in [2.05, 4.69) is 44.7 Å². The van der Waals surface area contributed by atoms with Crippen LogP contribution in [0, 0.1) is 12.3 Å². The molecular weight excluding hydrogens is 302 g/mol. The summed E-state index contributed by atoms with van der Waals surface area (Å²) in [7, 11) is 0. The Morgan fingerprint density at radius 2 is 2.12 bits per heavy atom. The van der Waals surface area contributed by atoms with Crippen LogP contribution in [0.25, 0.3) is 0 Å². The van der Waals surface area contributed by atoms with E-state index in [1.165, 1.54) is 0 Å². The number of nitrogens with zero attached hydrogens (tertiary/aromatic N) is 2. The smallest absolute Gasteiger partial charge is 0.264 e. The van der Waals surface area contributed by atoms with Gasteiger partial charge in [-0.15, -0.1) is 5.10 Å². The lowest BCUT2D eigenvalue weighted by molar-refractivity contribution is 0.0935. The third-order valence-electron chi connectivity index (χ3n) is 3.27. The fraction of sp³-hybridized carbons (Fsp3) is 0.727. The average Bonchev–Trinajstić information content (AvgIpc) is 2.78. The van der Waals surface area contributed by atoms with Crippen molar-refractivity contribution < 1.29 is 4.79 Å². The molecule has 1 aromatic rings. The first-order valence-corrected chi connectivity index (χ1v) is 7.61. The number of carbonyl (C=O) groups is 1. The first-order valence-electron chi connectivity index (χ1n) is 5.71. The summed E-state index contributed by atoms with van der Waals surface area (Å²) < 4.78 is 3.77. The van der Waals surface area contributed by atoms with Crippen molar-refractivity contribution in [3.8, 4) is 0 Å². The number of rotatable bonds is 6. The van der Waals surface area contributed by atoms with Crippen molar-refractivity contribution in [1.82, 2.24) is 14.9 Å². The summed E-state index contributed by atoms with van der Waals surface area (Å²) in [6.45, 7) is 6.78. The molecule has 4 nitrogen and oxygen atoms in total. The minimum atomic E-state index is -0.0651. The van der Waals surface area contributed by atoms with Gasteiger partial charge in [-0.3, -0.25) is 4.79 Å². The van der Waals surface area contributed by atoms with Gasteiger partial charge >= 0.3 is 0 Å². The van der Waals surface area contributed by atoms with Crippen molar-refractivity contribution in [2.24, 2.45) is 5.41 Å². The minimum Gasteiger partial charge on any atom is -0.351 e. The van der Waals surface area contributed by atoms with Crippen LogP contribution in [-0.2, 0) is 0 Å². The molecule has 0 saturated carbocycles. The third kappa shape index (κ3) is 3.48. The third-order valence-corrected chi connectivity index (χ3v) is 5.28. The molecule has 0 bridgehead atoms. The Labute approximate surface area is 114 Å². The molecule has 1 amide bonds. The van der Waals surface area contributed by atoms with Crippen LogP contribution in [0.2, 0.25) is 0 Å². The Kier molecular flexibility index (Phi) is 5.52. The van der Waals surface area contributed by atoms with Gasteiger partial charge in [0.15, 0.2) is 0 Å². The maximum atomic E-state index is 11.9. The van der Waals surface area contributed by atoms with Crippen LogP contribution in [0.4, 0.5) is 0 Å². The summed E-state index contributed by atoms with van der Waals surface area (Å²) in [4.78, 5) is 12.5. The Balaban J connectivity index is 2.62. The molecule has 17 heavy (non-hydrogen) atoms. The predicted octanol–water partition coefficient (Wildman–Crippen LogP) is 2.78. The molecule has 0 spiro atoms. The lowest BCUT2D eigenvalue weighted by Crippen LogP contribution is -2.38. The van der Waals surface area contributed by atoms with Crippen LogP contribution in [0.5, 0.6) is 0 Å². The standard InChI is InChI=1S/C11H18BrN3OS/c1-4-11(5-2,6-12)7-13-10(16)9-8(3)14-15-17-9/h4-7H2,1-3H3,(H,13,16). The molecule has 0 aliphatic heterocycles. The van der Waals surface area contributed by atoms with Crippen LogP contribution in [0.3, 0.4) is 0 Å². The van der Waals surface area contributed by atoms with E-state index in [1.54, 1.807) is 6.92 Å². The molecule has 0 unspecified atom stereocenters. The first kappa shape index (κ1) is 14.6. The normalized spacial score (nSPS) is 11.5. The van der Waals surface area contributed by atoms with Crippen molar-refractivity contribution in [2.75, 3.05) is 11.9 Å². The molecule has 0 aromatic carbocycles. The fourth-order valence-electron chi connectivity index (χ4n) is 1.52. The van der Waals surface area contributed by atoms with Gasteiger partial charge in [-0.1, -0.05) is 34.3 Å². The van der Waals surface area contributed by atoms with Crippen molar-refractivity contribution >= 4 is 33.4 Å². The van der Waals surface area contributed by atoms with Crippen LogP contribution in [0.15, 0.2) is 0 Å². The van der Waals surface area contributed by atoms with Crippen molar-refractivity contribution in [3.05, 3.63) is 10.6 Å². The van der Waals surface area contributed by atoms with Gasteiger partial charge in [-0.25, -0.2) is 0 Å². The van der Waals surface area contributed by atoms with Gasteiger partial charge in [0.2, 0.25) is 0 Å². The molecule has 0 saturated heterocycles. The molecule has 0 fully saturated rings. The van der Waals surface area contributed by atoms with Crippen molar-refractivity contribution in [1.29, 1.82) is 0 Å².